The summed E-state index contributed by atoms with van der Waals surface area (Å²) in [6.07, 6.45) is 3.21. The first-order valence-corrected chi connectivity index (χ1v) is 10.2. The van der Waals surface area contributed by atoms with E-state index < -0.39 is 41.0 Å². The van der Waals surface area contributed by atoms with E-state index >= 15 is 0 Å². The lowest BCUT2D eigenvalue weighted by Crippen LogP contribution is -2.48. The van der Waals surface area contributed by atoms with Crippen molar-refractivity contribution in [3.63, 3.8) is 0 Å². The number of fused-ring (bicyclic) bond motifs is 2. The number of carboxylic acid groups (broad SMARTS) is 1. The van der Waals surface area contributed by atoms with Gasteiger partial charge in [0, 0.05) is 17.4 Å². The number of carbonyl (C=O) groups is 3. The maximum absolute atomic E-state index is 12.8. The molecule has 11 nitrogen and oxygen atoms in total. The Kier molecular flexibility index (Phi) is 6.70. The topological polar surface area (TPSA) is 157 Å². The van der Waals surface area contributed by atoms with Gasteiger partial charge in [-0.15, -0.1) is 0 Å². The summed E-state index contributed by atoms with van der Waals surface area (Å²) in [6.45, 7) is 3.75. The van der Waals surface area contributed by atoms with Crippen molar-refractivity contribution in [3.05, 3.63) is 51.1 Å². The zero-order valence-corrected chi connectivity index (χ0v) is 18.6. The third-order valence-electron chi connectivity index (χ3n) is 6.03. The molecular formula is C22H25N3O8. The molecule has 4 unspecified atom stereocenters. The number of methoxy groups -OCH3 is 2. The van der Waals surface area contributed by atoms with Gasteiger partial charge in [-0.25, -0.2) is 0 Å². The second kappa shape index (κ2) is 9.31. The SMILES string of the molecule is COc1cc(CC(=O)NNC(=O)C2C3C=CC(C3=C(C)C)C2C(=O)O)c([N+](=O)[O-])cc1OC. The zero-order chi connectivity index (χ0) is 24.4. The molecule has 1 aromatic rings. The fourth-order valence-corrected chi connectivity index (χ4v) is 4.70. The number of rotatable bonds is 7. The zero-order valence-electron chi connectivity index (χ0n) is 18.6. The highest BCUT2D eigenvalue weighted by molar-refractivity contribution is 5.90. The van der Waals surface area contributed by atoms with E-state index in [1.165, 1.54) is 20.3 Å². The first-order valence-electron chi connectivity index (χ1n) is 10.2. The number of amides is 2. The molecule has 2 aliphatic carbocycles. The van der Waals surface area contributed by atoms with Gasteiger partial charge in [0.05, 0.1) is 43.5 Å². The minimum absolute atomic E-state index is 0.0579. The summed E-state index contributed by atoms with van der Waals surface area (Å²) < 4.78 is 10.2. The number of ether oxygens (including phenoxy) is 2. The van der Waals surface area contributed by atoms with Crippen molar-refractivity contribution >= 4 is 23.5 Å². The predicted octanol–water partition coefficient (Wildman–Crippen LogP) is 1.77. The Bertz CT molecular complexity index is 1070. The van der Waals surface area contributed by atoms with Gasteiger partial charge in [0.2, 0.25) is 11.8 Å². The van der Waals surface area contributed by atoms with Crippen LogP contribution in [0.4, 0.5) is 5.69 Å². The van der Waals surface area contributed by atoms with Crippen LogP contribution in [0.15, 0.2) is 35.4 Å². The van der Waals surface area contributed by atoms with Crippen LogP contribution < -0.4 is 20.3 Å². The van der Waals surface area contributed by atoms with Crippen LogP contribution in [0.5, 0.6) is 11.5 Å². The number of nitrogens with one attached hydrogen (secondary N) is 2. The van der Waals surface area contributed by atoms with E-state index in [0.717, 1.165) is 17.2 Å². The molecule has 2 amide bonds. The van der Waals surface area contributed by atoms with Gasteiger partial charge in [0.1, 0.15) is 0 Å². The van der Waals surface area contributed by atoms with Crippen LogP contribution in [0.2, 0.25) is 0 Å². The Morgan fingerprint density at radius 1 is 1.03 bits per heavy atom. The van der Waals surface area contributed by atoms with Gasteiger partial charge < -0.3 is 14.6 Å². The van der Waals surface area contributed by atoms with Crippen LogP contribution in [0.1, 0.15) is 19.4 Å². The number of hydrogen-bond donors (Lipinski definition) is 3. The van der Waals surface area contributed by atoms with E-state index in [0.29, 0.717) is 0 Å². The van der Waals surface area contributed by atoms with Gasteiger partial charge in [-0.3, -0.25) is 35.3 Å². The van der Waals surface area contributed by atoms with Crippen LogP contribution in [-0.2, 0) is 20.8 Å². The molecule has 0 spiro atoms. The van der Waals surface area contributed by atoms with Gasteiger partial charge in [0.25, 0.3) is 5.69 Å². The molecule has 1 saturated carbocycles. The monoisotopic (exact) mass is 459 g/mol. The van der Waals surface area contributed by atoms with Crippen molar-refractivity contribution in [3.8, 4) is 11.5 Å². The number of aliphatic carboxylic acids is 1. The fraction of sp³-hybridized carbons (Fsp3) is 0.409. The lowest BCUT2D eigenvalue weighted by atomic mass is 9.82. The number of nitro benzene ring substituents is 1. The predicted molar refractivity (Wildman–Crippen MR) is 115 cm³/mol. The molecule has 2 bridgehead atoms. The highest BCUT2D eigenvalue weighted by Crippen LogP contribution is 2.53. The van der Waals surface area contributed by atoms with Crippen molar-refractivity contribution in [2.75, 3.05) is 14.2 Å². The maximum Gasteiger partial charge on any atom is 0.308 e. The summed E-state index contributed by atoms with van der Waals surface area (Å²) in [5.74, 6) is -4.61. The summed E-state index contributed by atoms with van der Waals surface area (Å²) in [6, 6.07) is 2.47. The molecule has 3 rings (SSSR count). The highest BCUT2D eigenvalue weighted by atomic mass is 16.6. The summed E-state index contributed by atoms with van der Waals surface area (Å²) in [5, 5.41) is 21.1. The molecule has 3 N–H and O–H groups in total. The van der Waals surface area contributed by atoms with E-state index in [1.54, 1.807) is 0 Å². The van der Waals surface area contributed by atoms with Gasteiger partial charge in [-0.2, -0.15) is 0 Å². The fourth-order valence-electron chi connectivity index (χ4n) is 4.70. The number of hydrazine groups is 1. The Labute approximate surface area is 189 Å². The summed E-state index contributed by atoms with van der Waals surface area (Å²) in [5.41, 5.74) is 6.11. The molecule has 1 fully saturated rings. The summed E-state index contributed by atoms with van der Waals surface area (Å²) in [4.78, 5) is 47.9. The number of nitro groups is 1. The normalized spacial score (nSPS) is 22.6. The van der Waals surface area contributed by atoms with Gasteiger partial charge in [0.15, 0.2) is 11.5 Å². The molecule has 0 aromatic heterocycles. The van der Waals surface area contributed by atoms with E-state index in [-0.39, 0.29) is 34.6 Å². The Morgan fingerprint density at radius 3 is 2.12 bits per heavy atom. The van der Waals surface area contributed by atoms with Crippen LogP contribution >= 0.6 is 0 Å². The molecule has 11 heteroatoms. The molecule has 0 saturated heterocycles. The van der Waals surface area contributed by atoms with Crippen LogP contribution in [0, 0.1) is 33.8 Å². The largest absolute Gasteiger partial charge is 0.493 e. The van der Waals surface area contributed by atoms with Gasteiger partial charge in [-0.1, -0.05) is 23.3 Å². The van der Waals surface area contributed by atoms with E-state index in [4.69, 9.17) is 9.47 Å². The molecule has 1 aromatic carbocycles. The Hall–Kier alpha value is -3.89. The van der Waals surface area contributed by atoms with E-state index in [9.17, 15) is 29.6 Å². The number of nitrogens with zero attached hydrogens (tertiary/aromatic N) is 1. The van der Waals surface area contributed by atoms with Crippen molar-refractivity contribution in [2.45, 2.75) is 20.3 Å². The molecule has 176 valence electrons. The van der Waals surface area contributed by atoms with Crippen molar-refractivity contribution in [2.24, 2.45) is 23.7 Å². The van der Waals surface area contributed by atoms with E-state index in [2.05, 4.69) is 10.9 Å². The van der Waals surface area contributed by atoms with Crippen molar-refractivity contribution in [1.82, 2.24) is 10.9 Å². The lowest BCUT2D eigenvalue weighted by molar-refractivity contribution is -0.385. The third kappa shape index (κ3) is 4.38. The molecule has 2 aliphatic rings. The Morgan fingerprint density at radius 2 is 1.61 bits per heavy atom. The van der Waals surface area contributed by atoms with E-state index in [1.807, 2.05) is 26.0 Å². The smallest absolute Gasteiger partial charge is 0.308 e. The minimum Gasteiger partial charge on any atom is -0.493 e. The quantitative estimate of drug-likeness (QED) is 0.316. The second-order valence-corrected chi connectivity index (χ2v) is 8.09. The Balaban J connectivity index is 1.74. The van der Waals surface area contributed by atoms with Crippen LogP contribution in [0.3, 0.4) is 0 Å². The summed E-state index contributed by atoms with van der Waals surface area (Å²) in [7, 11) is 2.69. The first-order chi connectivity index (χ1) is 15.6. The number of carboxylic acids is 1. The summed E-state index contributed by atoms with van der Waals surface area (Å²) >= 11 is 0. The number of carbonyl (C=O) groups excluding carboxylic acids is 2. The second-order valence-electron chi connectivity index (χ2n) is 8.09. The third-order valence-corrected chi connectivity index (χ3v) is 6.03. The lowest BCUT2D eigenvalue weighted by Gasteiger charge is -2.23. The average molecular weight is 459 g/mol. The van der Waals surface area contributed by atoms with Crippen molar-refractivity contribution in [1.29, 1.82) is 0 Å². The molecule has 33 heavy (non-hydrogen) atoms. The molecule has 0 aliphatic heterocycles. The van der Waals surface area contributed by atoms with Crippen LogP contribution in [0.25, 0.3) is 0 Å². The molecule has 0 heterocycles. The maximum atomic E-state index is 12.8. The van der Waals surface area contributed by atoms with Crippen molar-refractivity contribution < 1.29 is 33.9 Å². The van der Waals surface area contributed by atoms with Gasteiger partial charge in [-0.05, 0) is 19.9 Å². The number of allylic oxidation sites excluding steroid dienone is 4. The number of hydrogen-bond acceptors (Lipinski definition) is 7. The molecule has 0 radical (unpaired) electrons. The molecular weight excluding hydrogens is 434 g/mol. The number of benzene rings is 1. The average Bonchev–Trinajstić information content (AvgIpc) is 3.33. The minimum atomic E-state index is -1.09. The van der Waals surface area contributed by atoms with Crippen LogP contribution in [-0.4, -0.2) is 42.0 Å². The first kappa shape index (κ1) is 23.8. The standard InChI is InChI=1S/C22H25N3O8/c1-10(2)18-12-5-6-13(18)20(22(28)29)19(12)21(27)24-23-17(26)8-11-7-15(32-3)16(33-4)9-14(11)25(30)31/h5-7,9,12-13,19-20H,8H2,1-4H3,(H,23,26)(H,24,27)(H,28,29). The highest BCUT2D eigenvalue weighted by Gasteiger charge is 2.55. The molecule has 4 atom stereocenters. The van der Waals surface area contributed by atoms with Gasteiger partial charge >= 0.3 is 5.97 Å².